The van der Waals surface area contributed by atoms with Crippen molar-refractivity contribution in [3.63, 3.8) is 0 Å². The van der Waals surface area contributed by atoms with Gasteiger partial charge in [0.15, 0.2) is 0 Å². The molecule has 2 N–H and O–H groups in total. The van der Waals surface area contributed by atoms with Crippen LogP contribution >= 0.6 is 27.5 Å². The molecule has 3 rings (SSSR count). The van der Waals surface area contributed by atoms with Gasteiger partial charge in [0.2, 0.25) is 0 Å². The summed E-state index contributed by atoms with van der Waals surface area (Å²) >= 11 is 9.86. The van der Waals surface area contributed by atoms with Crippen molar-refractivity contribution in [3.8, 4) is 11.4 Å². The Balaban J connectivity index is 2.31. The fourth-order valence-electron chi connectivity index (χ4n) is 2.54. The minimum Gasteiger partial charge on any atom is -0.399 e. The van der Waals surface area contributed by atoms with Crippen LogP contribution in [0.3, 0.4) is 0 Å². The lowest BCUT2D eigenvalue weighted by Gasteiger charge is -2.09. The van der Waals surface area contributed by atoms with Gasteiger partial charge in [0.05, 0.1) is 16.1 Å². The molecule has 0 fully saturated rings. The monoisotopic (exact) mass is 363 g/mol. The first-order chi connectivity index (χ1) is 10.1. The van der Waals surface area contributed by atoms with E-state index in [0.29, 0.717) is 5.69 Å². The number of fused-ring (bicyclic) bond motifs is 1. The third kappa shape index (κ3) is 2.65. The highest BCUT2D eigenvalue weighted by Gasteiger charge is 2.15. The fraction of sp³-hybridized carbons (Fsp3) is 0.188. The third-order valence-corrected chi connectivity index (χ3v) is 4.11. The van der Waals surface area contributed by atoms with E-state index in [-0.39, 0.29) is 0 Å². The van der Waals surface area contributed by atoms with E-state index in [0.717, 1.165) is 44.9 Å². The van der Waals surface area contributed by atoms with Gasteiger partial charge < -0.3 is 10.3 Å². The number of para-hydroxylation sites is 1. The van der Waals surface area contributed by atoms with Crippen LogP contribution in [-0.4, -0.2) is 9.55 Å². The molecule has 5 heteroatoms. The molecule has 0 aliphatic carbocycles. The number of rotatable bonds is 3. The Hall–Kier alpha value is -1.52. The first-order valence-electron chi connectivity index (χ1n) is 6.81. The molecule has 0 saturated heterocycles. The van der Waals surface area contributed by atoms with E-state index in [1.807, 2.05) is 36.4 Å². The fourth-order valence-corrected chi connectivity index (χ4v) is 3.33. The lowest BCUT2D eigenvalue weighted by Crippen LogP contribution is -2.00. The summed E-state index contributed by atoms with van der Waals surface area (Å²) in [6.45, 7) is 3.00. The Morgan fingerprint density at radius 3 is 2.81 bits per heavy atom. The van der Waals surface area contributed by atoms with Crippen LogP contribution in [0.2, 0.25) is 5.02 Å². The Morgan fingerprint density at radius 1 is 1.29 bits per heavy atom. The highest BCUT2D eigenvalue weighted by molar-refractivity contribution is 9.10. The first-order valence-corrected chi connectivity index (χ1v) is 7.98. The summed E-state index contributed by atoms with van der Waals surface area (Å²) in [6.07, 6.45) is 1.01. The molecule has 0 aliphatic rings. The van der Waals surface area contributed by atoms with E-state index in [4.69, 9.17) is 22.3 Å². The standard InChI is InChI=1S/C16H15BrClN3/c1-2-6-21-15-13(18)4-3-5-14(15)20-16(21)10-7-11(17)9-12(19)8-10/h3-5,7-9H,2,6,19H2,1H3. The average Bonchev–Trinajstić information content (AvgIpc) is 2.78. The zero-order valence-corrected chi connectivity index (χ0v) is 13.9. The molecule has 3 aromatic rings. The van der Waals surface area contributed by atoms with Gasteiger partial charge in [0.25, 0.3) is 0 Å². The van der Waals surface area contributed by atoms with Crippen LogP contribution in [-0.2, 0) is 6.54 Å². The summed E-state index contributed by atoms with van der Waals surface area (Å²) in [7, 11) is 0. The highest BCUT2D eigenvalue weighted by atomic mass is 79.9. The van der Waals surface area contributed by atoms with Crippen LogP contribution in [0, 0.1) is 0 Å². The first kappa shape index (κ1) is 14.4. The molecule has 1 heterocycles. The van der Waals surface area contributed by atoms with Gasteiger partial charge in [-0.1, -0.05) is 40.5 Å². The molecule has 0 amide bonds. The summed E-state index contributed by atoms with van der Waals surface area (Å²) in [5, 5.41) is 0.725. The number of nitrogen functional groups attached to an aromatic ring is 1. The number of aryl methyl sites for hydroxylation is 1. The van der Waals surface area contributed by atoms with E-state index < -0.39 is 0 Å². The van der Waals surface area contributed by atoms with Gasteiger partial charge in [-0.05, 0) is 36.8 Å². The van der Waals surface area contributed by atoms with Gasteiger partial charge in [-0.2, -0.15) is 0 Å². The zero-order chi connectivity index (χ0) is 15.0. The quantitative estimate of drug-likeness (QED) is 0.656. The van der Waals surface area contributed by atoms with Crippen LogP contribution < -0.4 is 5.73 Å². The van der Waals surface area contributed by atoms with Crippen LogP contribution in [0.25, 0.3) is 22.4 Å². The highest BCUT2D eigenvalue weighted by Crippen LogP contribution is 2.32. The number of hydrogen-bond acceptors (Lipinski definition) is 2. The van der Waals surface area contributed by atoms with E-state index in [9.17, 15) is 0 Å². The number of nitrogens with two attached hydrogens (primary N) is 1. The summed E-state index contributed by atoms with van der Waals surface area (Å²) in [6, 6.07) is 11.6. The molecular formula is C16H15BrClN3. The Morgan fingerprint density at radius 2 is 2.10 bits per heavy atom. The number of benzene rings is 2. The normalized spacial score (nSPS) is 11.2. The molecule has 0 radical (unpaired) electrons. The van der Waals surface area contributed by atoms with Gasteiger partial charge in [-0.25, -0.2) is 4.98 Å². The lowest BCUT2D eigenvalue weighted by atomic mass is 10.2. The average molecular weight is 365 g/mol. The van der Waals surface area contributed by atoms with Crippen molar-refractivity contribution >= 4 is 44.3 Å². The van der Waals surface area contributed by atoms with Crippen molar-refractivity contribution in [2.45, 2.75) is 19.9 Å². The topological polar surface area (TPSA) is 43.8 Å². The third-order valence-electron chi connectivity index (χ3n) is 3.34. The second-order valence-electron chi connectivity index (χ2n) is 4.97. The van der Waals surface area contributed by atoms with E-state index in [1.165, 1.54) is 0 Å². The van der Waals surface area contributed by atoms with Crippen LogP contribution in [0.5, 0.6) is 0 Å². The van der Waals surface area contributed by atoms with Gasteiger partial charge >= 0.3 is 0 Å². The number of aromatic nitrogens is 2. The molecule has 0 aliphatic heterocycles. The molecule has 1 aromatic heterocycles. The summed E-state index contributed by atoms with van der Waals surface area (Å²) in [4.78, 5) is 4.75. The largest absolute Gasteiger partial charge is 0.399 e. The Labute approximate surface area is 136 Å². The van der Waals surface area contributed by atoms with Crippen LogP contribution in [0.15, 0.2) is 40.9 Å². The molecule has 0 atom stereocenters. The lowest BCUT2D eigenvalue weighted by molar-refractivity contribution is 0.704. The predicted molar refractivity (Wildman–Crippen MR) is 92.6 cm³/mol. The Kier molecular flexibility index (Phi) is 3.91. The van der Waals surface area contributed by atoms with Crippen LogP contribution in [0.1, 0.15) is 13.3 Å². The number of imidazole rings is 1. The van der Waals surface area contributed by atoms with Crippen molar-refractivity contribution in [1.29, 1.82) is 0 Å². The van der Waals surface area contributed by atoms with Crippen molar-refractivity contribution in [2.24, 2.45) is 0 Å². The molecule has 108 valence electrons. The zero-order valence-electron chi connectivity index (χ0n) is 11.6. The minimum absolute atomic E-state index is 0.709. The number of hydrogen-bond donors (Lipinski definition) is 1. The molecule has 21 heavy (non-hydrogen) atoms. The van der Waals surface area contributed by atoms with Crippen molar-refractivity contribution in [3.05, 3.63) is 45.9 Å². The second kappa shape index (κ2) is 5.70. The van der Waals surface area contributed by atoms with Gasteiger partial charge in [0.1, 0.15) is 5.82 Å². The Bertz CT molecular complexity index is 790. The number of nitrogens with zero attached hydrogens (tertiary/aromatic N) is 2. The summed E-state index contributed by atoms with van der Waals surface area (Å²) in [5.74, 6) is 0.896. The second-order valence-corrected chi connectivity index (χ2v) is 6.29. The molecule has 0 spiro atoms. The van der Waals surface area contributed by atoms with Gasteiger partial charge in [-0.15, -0.1) is 0 Å². The van der Waals surface area contributed by atoms with E-state index in [2.05, 4.69) is 27.4 Å². The summed E-state index contributed by atoms with van der Waals surface area (Å²) in [5.41, 5.74) is 9.54. The van der Waals surface area contributed by atoms with E-state index in [1.54, 1.807) is 0 Å². The maximum Gasteiger partial charge on any atom is 0.141 e. The van der Waals surface area contributed by atoms with Crippen LogP contribution in [0.4, 0.5) is 5.69 Å². The smallest absolute Gasteiger partial charge is 0.141 e. The number of halogens is 2. The predicted octanol–water partition coefficient (Wildman–Crippen LogP) is 5.11. The molecule has 0 unspecified atom stereocenters. The van der Waals surface area contributed by atoms with Gasteiger partial charge in [-0.3, -0.25) is 0 Å². The van der Waals surface area contributed by atoms with Crippen molar-refractivity contribution in [2.75, 3.05) is 5.73 Å². The number of anilines is 1. The van der Waals surface area contributed by atoms with Crippen molar-refractivity contribution in [1.82, 2.24) is 9.55 Å². The summed E-state index contributed by atoms with van der Waals surface area (Å²) < 4.78 is 3.11. The molecular weight excluding hydrogens is 350 g/mol. The molecule has 0 saturated carbocycles. The molecule has 2 aromatic carbocycles. The molecule has 3 nitrogen and oxygen atoms in total. The maximum atomic E-state index is 6.37. The van der Waals surface area contributed by atoms with Crippen molar-refractivity contribution < 1.29 is 0 Å². The maximum absolute atomic E-state index is 6.37. The minimum atomic E-state index is 0.709. The molecule has 0 bridgehead atoms. The van der Waals surface area contributed by atoms with E-state index >= 15 is 0 Å². The SMILES string of the molecule is CCCn1c(-c2cc(N)cc(Br)c2)nc2cccc(Cl)c21. The van der Waals surface area contributed by atoms with Gasteiger partial charge in [0, 0.05) is 22.3 Å².